The molecular weight excluding hydrogens is 1130 g/mol. The van der Waals surface area contributed by atoms with E-state index < -0.39 is 148 Å². The molecule has 3 heterocycles. The zero-order chi connectivity index (χ0) is 64.0. The van der Waals surface area contributed by atoms with E-state index in [-0.39, 0.29) is 18.9 Å². The van der Waals surface area contributed by atoms with Gasteiger partial charge in [0.15, 0.2) is 12.6 Å². The number of carboxylic acids is 1. The summed E-state index contributed by atoms with van der Waals surface area (Å²) in [6.07, 6.45) is 13.2. The van der Waals surface area contributed by atoms with E-state index in [0.29, 0.717) is 19.3 Å². The maximum Gasteiger partial charge on any atom is 0.364 e. The Bertz CT molecular complexity index is 1870. The highest BCUT2D eigenvalue weighted by molar-refractivity contribution is 5.77. The molecule has 23 nitrogen and oxygen atoms in total. The molecule has 0 bridgehead atoms. The van der Waals surface area contributed by atoms with Gasteiger partial charge in [-0.05, 0) is 38.5 Å². The molecule has 18 atom stereocenters. The molecule has 3 rings (SSSR count). The number of hydrogen-bond donors (Lipinski definition) is 14. The molecule has 2 amide bonds. The van der Waals surface area contributed by atoms with Gasteiger partial charge in [0.2, 0.25) is 11.8 Å². The number of rotatable bonds is 49. The highest BCUT2D eigenvalue weighted by Crippen LogP contribution is 2.39. The number of nitrogens with one attached hydrogen (secondary N) is 2. The van der Waals surface area contributed by atoms with Crippen molar-refractivity contribution in [1.29, 1.82) is 0 Å². The first kappa shape index (κ1) is 78.5. The molecule has 87 heavy (non-hydrogen) atoms. The summed E-state index contributed by atoms with van der Waals surface area (Å²) >= 11 is 0. The molecule has 3 aliphatic heterocycles. The van der Waals surface area contributed by atoms with Gasteiger partial charge in [0, 0.05) is 19.8 Å². The standard InChI is InChI=1S/C64H116N2O21/c1-4-6-8-10-12-14-16-18-20-21-22-23-24-26-28-30-32-34-36-38-51(74)66-45(46(71)37-35-33-31-29-27-25-19-17-15-13-11-9-7-5-2)43-82-61-56(78)55(77)58(50(42-69)84-61)85-62-57(79)60(54(76)49(41-68)83-62)87-64(63(80)81)39-47(72)52(65-44(3)70)59(86-64)53(75)48(73)40-67/h12,14,16,18,45-50,52-62,67-69,71-73,75-79H,4-11,13,15,17,19-43H2,1-3H3,(H,65,70)(H,66,74)(H,80,81)/b14-12-,18-16-. The first-order valence-corrected chi connectivity index (χ1v) is 33.2. The van der Waals surface area contributed by atoms with Gasteiger partial charge in [-0.1, -0.05) is 192 Å². The smallest absolute Gasteiger partial charge is 0.364 e. The molecule has 0 saturated carbocycles. The number of aliphatic carboxylic acids is 1. The zero-order valence-corrected chi connectivity index (χ0v) is 52.6. The van der Waals surface area contributed by atoms with E-state index >= 15 is 0 Å². The Labute approximate surface area is 517 Å². The molecule has 0 aliphatic carbocycles. The van der Waals surface area contributed by atoms with Crippen molar-refractivity contribution in [1.82, 2.24) is 10.6 Å². The van der Waals surface area contributed by atoms with E-state index in [1.807, 2.05) is 0 Å². The quantitative estimate of drug-likeness (QED) is 0.0285. The third kappa shape index (κ3) is 28.7. The number of aliphatic hydroxyl groups excluding tert-OH is 11. The fourth-order valence-electron chi connectivity index (χ4n) is 11.6. The summed E-state index contributed by atoms with van der Waals surface area (Å²) in [6, 6.07) is -2.53. The minimum absolute atomic E-state index is 0.219. The SMILES string of the molecule is CCCCC/C=C\C=C/CCCCCCCCCCCCC(=O)NC(COC1OC(CO)C(OC2OC(CO)C(O)C(OC3(C(=O)O)CC(O)C(NC(C)=O)C(C(O)C(O)CO)O3)C2O)C(O)C1O)C(O)CCCCCCCCCCCCCCCC. The second kappa shape index (κ2) is 45.5. The molecule has 3 fully saturated rings. The van der Waals surface area contributed by atoms with E-state index in [9.17, 15) is 75.7 Å². The molecule has 14 N–H and O–H groups in total. The lowest BCUT2D eigenvalue weighted by Crippen LogP contribution is -2.70. The summed E-state index contributed by atoms with van der Waals surface area (Å²) in [5.41, 5.74) is 0. The van der Waals surface area contributed by atoms with Gasteiger partial charge in [0.1, 0.15) is 67.1 Å². The topological polar surface area (TPSA) is 373 Å². The van der Waals surface area contributed by atoms with Gasteiger partial charge in [-0.15, -0.1) is 0 Å². The predicted octanol–water partition coefficient (Wildman–Crippen LogP) is 4.89. The molecule has 23 heteroatoms. The number of aliphatic hydroxyl groups is 11. The summed E-state index contributed by atoms with van der Waals surface area (Å²) in [5.74, 6) is -6.11. The van der Waals surface area contributed by atoms with Crippen LogP contribution in [-0.4, -0.2) is 215 Å². The van der Waals surface area contributed by atoms with Gasteiger partial charge in [-0.3, -0.25) is 9.59 Å². The first-order chi connectivity index (χ1) is 41.9. The van der Waals surface area contributed by atoms with Crippen LogP contribution in [-0.2, 0) is 42.8 Å². The van der Waals surface area contributed by atoms with Gasteiger partial charge in [-0.2, -0.15) is 0 Å². The van der Waals surface area contributed by atoms with Crippen LogP contribution in [0.4, 0.5) is 0 Å². The van der Waals surface area contributed by atoms with E-state index in [1.54, 1.807) is 0 Å². The second-order valence-electron chi connectivity index (χ2n) is 24.4. The molecule has 3 saturated heterocycles. The number of carbonyl (C=O) groups is 3. The summed E-state index contributed by atoms with van der Waals surface area (Å²) in [6.45, 7) is 2.16. The van der Waals surface area contributed by atoms with Crippen LogP contribution in [0, 0.1) is 0 Å². The Morgan fingerprint density at radius 2 is 1.09 bits per heavy atom. The third-order valence-electron chi connectivity index (χ3n) is 16.9. The monoisotopic (exact) mass is 1250 g/mol. The predicted molar refractivity (Wildman–Crippen MR) is 324 cm³/mol. The minimum Gasteiger partial charge on any atom is -0.477 e. The number of hydrogen-bond acceptors (Lipinski definition) is 20. The average Bonchev–Trinajstić information content (AvgIpc) is 0.960. The van der Waals surface area contributed by atoms with Crippen LogP contribution in [0.1, 0.15) is 226 Å². The van der Waals surface area contributed by atoms with Crippen molar-refractivity contribution in [3.05, 3.63) is 24.3 Å². The van der Waals surface area contributed by atoms with Crippen LogP contribution in [0.3, 0.4) is 0 Å². The maximum atomic E-state index is 13.4. The lowest BCUT2D eigenvalue weighted by atomic mass is 9.88. The number of unbranched alkanes of at least 4 members (excludes halogenated alkanes) is 26. The lowest BCUT2D eigenvalue weighted by Gasteiger charge is -2.50. The normalized spacial score (nSPS) is 29.3. The summed E-state index contributed by atoms with van der Waals surface area (Å²) in [7, 11) is 0. The van der Waals surface area contributed by atoms with Crippen LogP contribution < -0.4 is 10.6 Å². The highest BCUT2D eigenvalue weighted by Gasteiger charge is 2.60. The van der Waals surface area contributed by atoms with Crippen molar-refractivity contribution in [3.8, 4) is 0 Å². The molecule has 0 radical (unpaired) electrons. The van der Waals surface area contributed by atoms with Gasteiger partial charge < -0.3 is 100 Å². The Hall–Kier alpha value is -2.79. The van der Waals surface area contributed by atoms with Crippen molar-refractivity contribution in [2.75, 3.05) is 26.4 Å². The fourth-order valence-corrected chi connectivity index (χ4v) is 11.6. The van der Waals surface area contributed by atoms with Gasteiger partial charge in [-0.25, -0.2) is 4.79 Å². The second-order valence-corrected chi connectivity index (χ2v) is 24.4. The number of carbonyl (C=O) groups excluding carboxylic acids is 2. The van der Waals surface area contributed by atoms with E-state index in [4.69, 9.17) is 28.4 Å². The van der Waals surface area contributed by atoms with Gasteiger partial charge in [0.05, 0.1) is 50.7 Å². The van der Waals surface area contributed by atoms with Crippen LogP contribution in [0.25, 0.3) is 0 Å². The van der Waals surface area contributed by atoms with E-state index in [2.05, 4.69) is 48.8 Å². The molecular formula is C64H116N2O21. The third-order valence-corrected chi connectivity index (χ3v) is 16.9. The van der Waals surface area contributed by atoms with E-state index in [1.165, 1.54) is 109 Å². The Kier molecular flexibility index (Phi) is 41.0. The number of ether oxygens (including phenoxy) is 6. The summed E-state index contributed by atoms with van der Waals surface area (Å²) in [5, 5.41) is 136. The van der Waals surface area contributed by atoms with E-state index in [0.717, 1.165) is 71.1 Å². The lowest BCUT2D eigenvalue weighted by molar-refractivity contribution is -0.386. The van der Waals surface area contributed by atoms with Gasteiger partial charge in [0.25, 0.3) is 5.79 Å². The Morgan fingerprint density at radius 3 is 1.61 bits per heavy atom. The Balaban J connectivity index is 1.61. The Morgan fingerprint density at radius 1 is 0.598 bits per heavy atom. The van der Waals surface area contributed by atoms with Crippen molar-refractivity contribution < 1.29 is 104 Å². The molecule has 0 spiro atoms. The first-order valence-electron chi connectivity index (χ1n) is 33.2. The van der Waals surface area contributed by atoms with Crippen LogP contribution >= 0.6 is 0 Å². The maximum absolute atomic E-state index is 13.4. The van der Waals surface area contributed by atoms with Crippen LogP contribution in [0.2, 0.25) is 0 Å². The van der Waals surface area contributed by atoms with Crippen molar-refractivity contribution in [3.63, 3.8) is 0 Å². The molecule has 0 aromatic rings. The highest BCUT2D eigenvalue weighted by atomic mass is 16.8. The molecule has 0 aromatic carbocycles. The number of amides is 2. The van der Waals surface area contributed by atoms with Crippen molar-refractivity contribution in [2.45, 2.75) is 336 Å². The van der Waals surface area contributed by atoms with Crippen molar-refractivity contribution >= 4 is 17.8 Å². The average molecular weight is 1250 g/mol. The van der Waals surface area contributed by atoms with Crippen molar-refractivity contribution in [2.24, 2.45) is 0 Å². The fraction of sp³-hybridized carbons (Fsp3) is 0.891. The largest absolute Gasteiger partial charge is 0.477 e. The van der Waals surface area contributed by atoms with Crippen LogP contribution in [0.15, 0.2) is 24.3 Å². The summed E-state index contributed by atoms with van der Waals surface area (Å²) < 4.78 is 34.8. The van der Waals surface area contributed by atoms with Crippen LogP contribution in [0.5, 0.6) is 0 Å². The summed E-state index contributed by atoms with van der Waals surface area (Å²) in [4.78, 5) is 38.5. The molecule has 508 valence electrons. The number of allylic oxidation sites excluding steroid dienone is 4. The molecule has 3 aliphatic rings. The van der Waals surface area contributed by atoms with Gasteiger partial charge >= 0.3 is 5.97 Å². The molecule has 18 unspecified atom stereocenters. The minimum atomic E-state index is -3.08. The zero-order valence-electron chi connectivity index (χ0n) is 52.6. The number of carboxylic acid groups (broad SMARTS) is 1. The molecule has 0 aromatic heterocycles.